The summed E-state index contributed by atoms with van der Waals surface area (Å²) in [6.45, 7) is 2.95. The summed E-state index contributed by atoms with van der Waals surface area (Å²) >= 11 is 6.19. The summed E-state index contributed by atoms with van der Waals surface area (Å²) in [5.74, 6) is 1.73. The lowest BCUT2D eigenvalue weighted by Crippen LogP contribution is -2.41. The van der Waals surface area contributed by atoms with Crippen LogP contribution in [-0.4, -0.2) is 53.0 Å². The molecule has 174 valence electrons. The largest absolute Gasteiger partial charge is 0.495 e. The first-order valence-electron chi connectivity index (χ1n) is 10.7. The number of anilines is 1. The Morgan fingerprint density at radius 3 is 2.47 bits per heavy atom. The topological polar surface area (TPSA) is 69.3 Å². The van der Waals surface area contributed by atoms with Crippen LogP contribution >= 0.6 is 11.6 Å². The molecule has 1 aliphatic heterocycles. The van der Waals surface area contributed by atoms with Crippen molar-refractivity contribution in [3.05, 3.63) is 47.0 Å². The number of benzene rings is 2. The smallest absolute Gasteiger partial charge is 0.325 e. The van der Waals surface area contributed by atoms with Crippen molar-refractivity contribution in [2.75, 3.05) is 45.9 Å². The average Bonchev–Trinajstić information content (AvgIpc) is 3.27. The second-order valence-electron chi connectivity index (χ2n) is 7.61. The average molecular weight is 463 g/mol. The van der Waals surface area contributed by atoms with Gasteiger partial charge in [-0.25, -0.2) is 0 Å². The number of esters is 1. The highest BCUT2D eigenvalue weighted by Gasteiger charge is 2.28. The number of methoxy groups -OCH3 is 3. The summed E-state index contributed by atoms with van der Waals surface area (Å²) in [5.41, 5.74) is 2.01. The lowest BCUT2D eigenvalue weighted by Gasteiger charge is -2.28. The molecule has 0 aliphatic carbocycles. The van der Waals surface area contributed by atoms with Crippen molar-refractivity contribution in [2.45, 2.75) is 31.8 Å². The predicted octanol–water partition coefficient (Wildman–Crippen LogP) is 4.23. The molecule has 0 spiro atoms. The van der Waals surface area contributed by atoms with Gasteiger partial charge < -0.3 is 29.2 Å². The van der Waals surface area contributed by atoms with Crippen molar-refractivity contribution in [1.29, 1.82) is 0 Å². The molecule has 0 saturated carbocycles. The molecule has 0 aromatic heterocycles. The molecule has 32 heavy (non-hydrogen) atoms. The number of carbonyl (C=O) groups is 1. The Morgan fingerprint density at radius 1 is 1.03 bits per heavy atom. The molecule has 0 amide bonds. The summed E-state index contributed by atoms with van der Waals surface area (Å²) in [6.07, 6.45) is 1.96. The van der Waals surface area contributed by atoms with Crippen LogP contribution in [0.5, 0.6) is 17.2 Å². The molecule has 0 bridgehead atoms. The molecule has 1 saturated heterocycles. The number of carbonyl (C=O) groups excluding carboxylic acids is 1. The van der Waals surface area contributed by atoms with E-state index in [1.54, 1.807) is 34.3 Å². The third-order valence-corrected chi connectivity index (χ3v) is 5.93. The van der Waals surface area contributed by atoms with Crippen LogP contribution in [0, 0.1) is 0 Å². The normalized spacial score (nSPS) is 17.7. The fourth-order valence-electron chi connectivity index (χ4n) is 4.03. The molecule has 0 radical (unpaired) electrons. The van der Waals surface area contributed by atoms with Gasteiger partial charge in [-0.1, -0.05) is 17.7 Å². The van der Waals surface area contributed by atoms with E-state index in [4.69, 9.17) is 30.5 Å². The fraction of sp³-hybridized carbons (Fsp3) is 0.458. The summed E-state index contributed by atoms with van der Waals surface area (Å²) in [4.78, 5) is 14.3. The molecule has 1 fully saturated rings. The molecule has 1 aliphatic rings. The van der Waals surface area contributed by atoms with Crippen LogP contribution in [0.25, 0.3) is 0 Å². The highest BCUT2D eigenvalue weighted by atomic mass is 35.5. The Bertz CT molecular complexity index is 923. The van der Waals surface area contributed by atoms with E-state index in [0.717, 1.165) is 24.1 Å². The van der Waals surface area contributed by atoms with Gasteiger partial charge in [0, 0.05) is 30.4 Å². The number of nitrogens with zero attached hydrogens (tertiary/aromatic N) is 1. The number of halogens is 1. The van der Waals surface area contributed by atoms with Crippen molar-refractivity contribution in [3.8, 4) is 17.2 Å². The van der Waals surface area contributed by atoms with Gasteiger partial charge in [-0.2, -0.15) is 0 Å². The Labute approximate surface area is 194 Å². The molecule has 1 heterocycles. The minimum atomic E-state index is -0.268. The summed E-state index contributed by atoms with van der Waals surface area (Å²) in [5, 5.41) is 4.22. The molecule has 8 heteroatoms. The zero-order chi connectivity index (χ0) is 23.1. The first-order chi connectivity index (χ1) is 15.5. The minimum Gasteiger partial charge on any atom is -0.495 e. The van der Waals surface area contributed by atoms with Gasteiger partial charge in [0.2, 0.25) is 0 Å². The van der Waals surface area contributed by atoms with Crippen molar-refractivity contribution < 1.29 is 23.7 Å². The first kappa shape index (κ1) is 24.0. The number of hydrogen-bond donors (Lipinski definition) is 1. The van der Waals surface area contributed by atoms with Gasteiger partial charge >= 0.3 is 5.97 Å². The van der Waals surface area contributed by atoms with Crippen molar-refractivity contribution in [2.24, 2.45) is 0 Å². The highest BCUT2D eigenvalue weighted by Crippen LogP contribution is 2.35. The minimum absolute atomic E-state index is 0.151. The maximum Gasteiger partial charge on any atom is 0.325 e. The zero-order valence-corrected chi connectivity index (χ0v) is 19.8. The van der Waals surface area contributed by atoms with E-state index in [0.29, 0.717) is 35.4 Å². The van der Waals surface area contributed by atoms with Gasteiger partial charge in [0.15, 0.2) is 11.5 Å². The van der Waals surface area contributed by atoms with Crippen LogP contribution in [0.4, 0.5) is 5.69 Å². The van der Waals surface area contributed by atoms with Crippen LogP contribution in [0.15, 0.2) is 36.4 Å². The van der Waals surface area contributed by atoms with E-state index >= 15 is 0 Å². The molecule has 2 unspecified atom stereocenters. The SMILES string of the molecule is CCOC(=O)CN(CC1CCC(c2ccc(OC)c(OC)c2)N1)c1ccc(Cl)c(OC)c1. The predicted molar refractivity (Wildman–Crippen MR) is 125 cm³/mol. The van der Waals surface area contributed by atoms with Gasteiger partial charge in [0.25, 0.3) is 0 Å². The number of nitrogens with one attached hydrogen (secondary N) is 1. The van der Waals surface area contributed by atoms with Gasteiger partial charge in [0.1, 0.15) is 12.3 Å². The van der Waals surface area contributed by atoms with E-state index < -0.39 is 0 Å². The highest BCUT2D eigenvalue weighted by molar-refractivity contribution is 6.32. The van der Waals surface area contributed by atoms with Crippen molar-refractivity contribution in [3.63, 3.8) is 0 Å². The summed E-state index contributed by atoms with van der Waals surface area (Å²) in [6, 6.07) is 11.9. The lowest BCUT2D eigenvalue weighted by molar-refractivity contribution is -0.141. The third-order valence-electron chi connectivity index (χ3n) is 5.62. The lowest BCUT2D eigenvalue weighted by atomic mass is 10.0. The number of hydrogen-bond acceptors (Lipinski definition) is 7. The van der Waals surface area contributed by atoms with E-state index in [1.807, 2.05) is 29.2 Å². The molecule has 3 rings (SSSR count). The number of rotatable bonds is 10. The van der Waals surface area contributed by atoms with E-state index in [9.17, 15) is 4.79 Å². The first-order valence-corrected chi connectivity index (χ1v) is 11.1. The van der Waals surface area contributed by atoms with E-state index in [2.05, 4.69) is 11.4 Å². The molecule has 1 N–H and O–H groups in total. The Kier molecular flexibility index (Phi) is 8.47. The Balaban J connectivity index is 1.74. The quantitative estimate of drug-likeness (QED) is 0.530. The monoisotopic (exact) mass is 462 g/mol. The molecular formula is C24H31ClN2O5. The third kappa shape index (κ3) is 5.78. The van der Waals surface area contributed by atoms with Gasteiger partial charge in [-0.05, 0) is 49.6 Å². The number of ether oxygens (including phenoxy) is 4. The van der Waals surface area contributed by atoms with E-state index in [1.165, 1.54) is 0 Å². The standard InChI is InChI=1S/C24H31ClN2O5/c1-5-32-24(28)15-27(18-8-9-19(25)22(13-18)30-3)14-17-7-10-20(26-17)16-6-11-21(29-2)23(12-16)31-4/h6,8-9,11-13,17,20,26H,5,7,10,14-15H2,1-4H3. The maximum absolute atomic E-state index is 12.3. The van der Waals surface area contributed by atoms with Crippen LogP contribution < -0.4 is 24.4 Å². The molecule has 2 aromatic carbocycles. The van der Waals surface area contributed by atoms with Crippen molar-refractivity contribution in [1.82, 2.24) is 5.32 Å². The molecule has 2 aromatic rings. The molecular weight excluding hydrogens is 432 g/mol. The van der Waals surface area contributed by atoms with Crippen LogP contribution in [0.1, 0.15) is 31.4 Å². The maximum atomic E-state index is 12.3. The second kappa shape index (κ2) is 11.3. The van der Waals surface area contributed by atoms with Crippen LogP contribution in [0.3, 0.4) is 0 Å². The van der Waals surface area contributed by atoms with Gasteiger partial charge in [-0.15, -0.1) is 0 Å². The Morgan fingerprint density at radius 2 is 1.78 bits per heavy atom. The van der Waals surface area contributed by atoms with Gasteiger partial charge in [0.05, 0.1) is 33.0 Å². The Hall–Kier alpha value is -2.64. The van der Waals surface area contributed by atoms with Crippen molar-refractivity contribution >= 4 is 23.3 Å². The molecule has 7 nitrogen and oxygen atoms in total. The van der Waals surface area contributed by atoms with Crippen LogP contribution in [-0.2, 0) is 9.53 Å². The van der Waals surface area contributed by atoms with Gasteiger partial charge in [-0.3, -0.25) is 4.79 Å². The summed E-state index contributed by atoms with van der Waals surface area (Å²) < 4.78 is 21.3. The second-order valence-corrected chi connectivity index (χ2v) is 8.02. The zero-order valence-electron chi connectivity index (χ0n) is 19.0. The fourth-order valence-corrected chi connectivity index (χ4v) is 4.23. The van der Waals surface area contributed by atoms with Crippen LogP contribution in [0.2, 0.25) is 5.02 Å². The molecule has 2 atom stereocenters. The summed E-state index contributed by atoms with van der Waals surface area (Å²) in [7, 11) is 4.85. The van der Waals surface area contributed by atoms with E-state index in [-0.39, 0.29) is 24.6 Å².